The van der Waals surface area contributed by atoms with Crippen LogP contribution in [-0.4, -0.2) is 101 Å². The zero-order chi connectivity index (χ0) is 39.7. The number of hydrogen-bond acceptors (Lipinski definition) is 9. The quantitative estimate of drug-likeness (QED) is 0.120. The van der Waals surface area contributed by atoms with Gasteiger partial charge in [0.15, 0.2) is 0 Å². The van der Waals surface area contributed by atoms with Gasteiger partial charge in [-0.05, 0) is 66.6 Å². The number of urea groups is 1. The first-order chi connectivity index (χ1) is 26.3. The fraction of sp³-hybridized carbons (Fsp3) is 0.463. The molecule has 0 spiro atoms. The Morgan fingerprint density at radius 1 is 1.02 bits per heavy atom. The van der Waals surface area contributed by atoms with E-state index in [1.807, 2.05) is 75.5 Å². The monoisotopic (exact) mass is 790 g/mol. The topological polar surface area (TPSA) is 145 Å². The molecule has 0 aliphatic carbocycles. The van der Waals surface area contributed by atoms with E-state index in [0.717, 1.165) is 33.9 Å². The van der Waals surface area contributed by atoms with E-state index in [-0.39, 0.29) is 42.3 Å². The molecule has 0 radical (unpaired) electrons. The number of sulfonamides is 1. The molecule has 3 amide bonds. The van der Waals surface area contributed by atoms with Gasteiger partial charge in [-0.25, -0.2) is 18.2 Å². The summed E-state index contributed by atoms with van der Waals surface area (Å²) in [4.78, 5) is 41.0. The number of benzene rings is 2. The van der Waals surface area contributed by atoms with Crippen molar-refractivity contribution in [1.82, 2.24) is 29.4 Å². The fourth-order valence-electron chi connectivity index (χ4n) is 6.78. The maximum absolute atomic E-state index is 14.4. The molecule has 1 aliphatic rings. The molecule has 2 N–H and O–H groups in total. The number of aromatic nitrogens is 2. The molecule has 1 aliphatic heterocycles. The highest BCUT2D eigenvalue weighted by Crippen LogP contribution is 2.28. The number of pyridine rings is 1. The molecule has 12 nitrogen and oxygen atoms in total. The van der Waals surface area contributed by atoms with Crippen LogP contribution in [-0.2, 0) is 34.2 Å². The van der Waals surface area contributed by atoms with Crippen LogP contribution in [0.2, 0.25) is 0 Å². The van der Waals surface area contributed by atoms with E-state index in [2.05, 4.69) is 17.2 Å². The maximum Gasteiger partial charge on any atom is 0.321 e. The summed E-state index contributed by atoms with van der Waals surface area (Å²) in [6.07, 6.45) is 2.23. The minimum Gasteiger partial charge on any atom is -0.497 e. The summed E-state index contributed by atoms with van der Waals surface area (Å²) in [5.74, 6) is -0.101. The smallest absolute Gasteiger partial charge is 0.321 e. The molecule has 2 unspecified atom stereocenters. The summed E-state index contributed by atoms with van der Waals surface area (Å²) < 4.78 is 34.4. The van der Waals surface area contributed by atoms with Gasteiger partial charge in [-0.2, -0.15) is 4.31 Å². The number of methoxy groups -OCH3 is 1. The number of nitrogens with one attached hydrogen (secondary N) is 1. The Balaban J connectivity index is 1.35. The first-order valence-electron chi connectivity index (χ1n) is 19.0. The molecular formula is C41H54N6O6S2. The number of ether oxygens (including phenoxy) is 1. The Bertz CT molecular complexity index is 1970. The Morgan fingerprint density at radius 3 is 2.40 bits per heavy atom. The molecule has 4 aromatic rings. The molecule has 296 valence electrons. The molecule has 5 rings (SSSR count). The van der Waals surface area contributed by atoms with Gasteiger partial charge >= 0.3 is 6.03 Å². The molecule has 3 heterocycles. The Morgan fingerprint density at radius 2 is 1.75 bits per heavy atom. The third-order valence-electron chi connectivity index (χ3n) is 9.99. The number of rotatable bonds is 19. The highest BCUT2D eigenvalue weighted by molar-refractivity contribution is 7.89. The number of nitrogens with zero attached hydrogens (tertiary/aromatic N) is 5. The van der Waals surface area contributed by atoms with Crippen molar-refractivity contribution in [1.29, 1.82) is 0 Å². The molecule has 2 aromatic carbocycles. The Kier molecular flexibility index (Phi) is 14.4. The van der Waals surface area contributed by atoms with Crippen molar-refractivity contribution in [2.75, 3.05) is 33.3 Å². The second kappa shape index (κ2) is 19.0. The average Bonchev–Trinajstić information content (AvgIpc) is 3.80. The van der Waals surface area contributed by atoms with Gasteiger partial charge in [-0.3, -0.25) is 9.78 Å². The first kappa shape index (κ1) is 41.8. The summed E-state index contributed by atoms with van der Waals surface area (Å²) in [6, 6.07) is 17.7. The molecule has 14 heteroatoms. The van der Waals surface area contributed by atoms with Crippen LogP contribution in [0, 0.1) is 11.8 Å². The van der Waals surface area contributed by atoms with Crippen LogP contribution in [0.5, 0.6) is 5.75 Å². The second-order valence-corrected chi connectivity index (χ2v) is 17.3. The number of carbonyl (C=O) groups excluding carboxylic acids is 2. The lowest BCUT2D eigenvalue weighted by atomic mass is 9.95. The predicted octanol–water partition coefficient (Wildman–Crippen LogP) is 5.86. The van der Waals surface area contributed by atoms with Crippen LogP contribution < -0.4 is 10.1 Å². The standard InChI is InChI=1S/C41H54N6O6S2/c1-7-29(5)38(47-21-20-45(41(47)50)25-33-27-54-40(43-33)31-18-19-42-32(8-2)23-31)39(49)44-36(22-30-12-10-9-11-13-30)37(48)26-46(24-28(3)4)55(51,52)35-16-14-34(53-6)15-17-35/h9-19,23,27-29,36-38,48H,7-8,20-22,24-26H2,1-6H3,(H,44,49)/t29?,36-,37+,38?/m0/s1. The molecule has 55 heavy (non-hydrogen) atoms. The minimum atomic E-state index is -4.02. The highest BCUT2D eigenvalue weighted by atomic mass is 32.2. The molecule has 1 saturated heterocycles. The van der Waals surface area contributed by atoms with E-state index >= 15 is 0 Å². The fourth-order valence-corrected chi connectivity index (χ4v) is 9.21. The summed E-state index contributed by atoms with van der Waals surface area (Å²) in [7, 11) is -2.50. The van der Waals surface area contributed by atoms with E-state index in [1.54, 1.807) is 28.1 Å². The number of amides is 3. The zero-order valence-electron chi connectivity index (χ0n) is 32.6. The van der Waals surface area contributed by atoms with E-state index in [0.29, 0.717) is 31.8 Å². The minimum absolute atomic E-state index is 0.0401. The van der Waals surface area contributed by atoms with Crippen LogP contribution in [0.4, 0.5) is 4.79 Å². The van der Waals surface area contributed by atoms with Crippen molar-refractivity contribution < 1.29 is 27.9 Å². The third-order valence-corrected chi connectivity index (χ3v) is 12.8. The highest BCUT2D eigenvalue weighted by Gasteiger charge is 2.41. The van der Waals surface area contributed by atoms with Gasteiger partial charge < -0.3 is 25.0 Å². The van der Waals surface area contributed by atoms with Crippen molar-refractivity contribution in [3.63, 3.8) is 0 Å². The van der Waals surface area contributed by atoms with Crippen LogP contribution >= 0.6 is 11.3 Å². The molecule has 0 bridgehead atoms. The van der Waals surface area contributed by atoms with Crippen LogP contribution in [0.3, 0.4) is 0 Å². The van der Waals surface area contributed by atoms with Gasteiger partial charge in [0.2, 0.25) is 15.9 Å². The molecular weight excluding hydrogens is 737 g/mol. The number of aliphatic hydroxyl groups excluding tert-OH is 1. The number of hydrogen-bond donors (Lipinski definition) is 2. The van der Waals surface area contributed by atoms with Crippen LogP contribution in [0.25, 0.3) is 10.6 Å². The predicted molar refractivity (Wildman–Crippen MR) is 215 cm³/mol. The molecule has 0 saturated carbocycles. The number of aryl methyl sites for hydroxylation is 1. The van der Waals surface area contributed by atoms with Gasteiger partial charge in [-0.15, -0.1) is 11.3 Å². The number of carbonyl (C=O) groups is 2. The second-order valence-electron chi connectivity index (χ2n) is 14.5. The first-order valence-corrected chi connectivity index (χ1v) is 21.3. The van der Waals surface area contributed by atoms with E-state index < -0.39 is 34.1 Å². The average molecular weight is 791 g/mol. The summed E-state index contributed by atoms with van der Waals surface area (Å²) in [5, 5.41) is 17.8. The lowest BCUT2D eigenvalue weighted by Crippen LogP contribution is -2.57. The van der Waals surface area contributed by atoms with Gasteiger partial charge in [0.05, 0.1) is 36.4 Å². The molecule has 4 atom stereocenters. The van der Waals surface area contributed by atoms with Crippen molar-refractivity contribution in [3.05, 3.63) is 95.3 Å². The number of thiazole rings is 1. The molecule has 1 fully saturated rings. The van der Waals surface area contributed by atoms with E-state index in [1.165, 1.54) is 34.9 Å². The normalized spacial score (nSPS) is 15.7. The van der Waals surface area contributed by atoms with E-state index in [4.69, 9.17) is 9.72 Å². The Hall–Kier alpha value is -4.37. The zero-order valence-corrected chi connectivity index (χ0v) is 34.2. The van der Waals surface area contributed by atoms with Crippen LogP contribution in [0.1, 0.15) is 58.0 Å². The molecule has 2 aromatic heterocycles. The maximum atomic E-state index is 14.4. The van der Waals surface area contributed by atoms with Crippen molar-refractivity contribution in [2.45, 2.75) is 83.5 Å². The van der Waals surface area contributed by atoms with E-state index in [9.17, 15) is 23.1 Å². The van der Waals surface area contributed by atoms with Crippen LogP contribution in [0.15, 0.2) is 83.2 Å². The largest absolute Gasteiger partial charge is 0.497 e. The third kappa shape index (κ3) is 10.5. The lowest BCUT2D eigenvalue weighted by Gasteiger charge is -2.35. The SMILES string of the molecule is CCc1cc(-c2nc(CN3CCN(C(C(=O)N[C@@H](Cc4ccccc4)[C@H](O)CN(CC(C)C)S(=O)(=O)c4ccc(OC)cc4)C(C)CC)C3=O)cs2)ccn1. The van der Waals surface area contributed by atoms with Gasteiger partial charge in [0.25, 0.3) is 0 Å². The van der Waals surface area contributed by atoms with Gasteiger partial charge in [0, 0.05) is 49.0 Å². The van der Waals surface area contributed by atoms with Crippen molar-refractivity contribution >= 4 is 33.3 Å². The van der Waals surface area contributed by atoms with Crippen molar-refractivity contribution in [2.24, 2.45) is 11.8 Å². The Labute approximate surface area is 329 Å². The summed E-state index contributed by atoms with van der Waals surface area (Å²) in [6.45, 7) is 10.8. The van der Waals surface area contributed by atoms with Gasteiger partial charge in [-0.1, -0.05) is 71.4 Å². The summed E-state index contributed by atoms with van der Waals surface area (Å²) >= 11 is 1.52. The summed E-state index contributed by atoms with van der Waals surface area (Å²) in [5.41, 5.74) is 3.61. The lowest BCUT2D eigenvalue weighted by molar-refractivity contribution is -0.128. The van der Waals surface area contributed by atoms with Gasteiger partial charge in [0.1, 0.15) is 16.8 Å². The van der Waals surface area contributed by atoms with Crippen molar-refractivity contribution in [3.8, 4) is 16.3 Å². The number of aliphatic hydroxyl groups is 1.